The third kappa shape index (κ3) is 3.82. The van der Waals surface area contributed by atoms with Gasteiger partial charge in [0.05, 0.1) is 0 Å². The first-order valence-electron chi connectivity index (χ1n) is 6.70. The van der Waals surface area contributed by atoms with Gasteiger partial charge in [0.25, 0.3) is 5.91 Å². The molecule has 1 heterocycles. The highest BCUT2D eigenvalue weighted by Crippen LogP contribution is 2.18. The Morgan fingerprint density at radius 1 is 1.29 bits per heavy atom. The Kier molecular flexibility index (Phi) is 4.32. The van der Waals surface area contributed by atoms with Crippen LogP contribution < -0.4 is 0 Å². The summed E-state index contributed by atoms with van der Waals surface area (Å²) in [6, 6.07) is 7.40. The summed E-state index contributed by atoms with van der Waals surface area (Å²) >= 11 is 5.85. The van der Waals surface area contributed by atoms with Gasteiger partial charge in [0.1, 0.15) is 5.82 Å². The molecule has 6 heteroatoms. The van der Waals surface area contributed by atoms with E-state index in [4.69, 9.17) is 11.6 Å². The van der Waals surface area contributed by atoms with Crippen molar-refractivity contribution in [3.63, 3.8) is 0 Å². The van der Waals surface area contributed by atoms with E-state index in [1.54, 1.807) is 24.1 Å². The third-order valence-electron chi connectivity index (χ3n) is 3.07. The van der Waals surface area contributed by atoms with Crippen LogP contribution in [-0.2, 0) is 12.0 Å². The average Bonchev–Trinajstić information content (AvgIpc) is 2.90. The molecular formula is C15H19ClN4O. The number of nitrogens with zero attached hydrogens (tertiary/aromatic N) is 3. The molecule has 0 aliphatic heterocycles. The highest BCUT2D eigenvalue weighted by molar-refractivity contribution is 6.30. The lowest BCUT2D eigenvalue weighted by Gasteiger charge is -2.15. The molecule has 1 amide bonds. The summed E-state index contributed by atoms with van der Waals surface area (Å²) in [5.74, 6) is 0.679. The van der Waals surface area contributed by atoms with E-state index in [2.05, 4.69) is 15.2 Å². The van der Waals surface area contributed by atoms with Crippen molar-refractivity contribution < 1.29 is 4.79 Å². The molecule has 1 aromatic heterocycles. The van der Waals surface area contributed by atoms with Gasteiger partial charge >= 0.3 is 0 Å². The van der Waals surface area contributed by atoms with Gasteiger partial charge in [-0.2, -0.15) is 0 Å². The number of halogens is 1. The highest BCUT2D eigenvalue weighted by Gasteiger charge is 2.23. The van der Waals surface area contributed by atoms with Gasteiger partial charge in [-0.15, -0.1) is 5.10 Å². The van der Waals surface area contributed by atoms with Crippen LogP contribution in [0.4, 0.5) is 0 Å². The molecule has 0 unspecified atom stereocenters. The number of rotatable bonds is 3. The summed E-state index contributed by atoms with van der Waals surface area (Å²) in [5.41, 5.74) is 0.835. The molecule has 0 fully saturated rings. The first-order chi connectivity index (χ1) is 9.77. The minimum atomic E-state index is -0.211. The summed E-state index contributed by atoms with van der Waals surface area (Å²) < 4.78 is 0. The van der Waals surface area contributed by atoms with Gasteiger partial charge in [0.2, 0.25) is 5.82 Å². The van der Waals surface area contributed by atoms with E-state index < -0.39 is 0 Å². The molecule has 0 saturated carbocycles. The molecule has 112 valence electrons. The highest BCUT2D eigenvalue weighted by atomic mass is 35.5. The maximum Gasteiger partial charge on any atom is 0.293 e. The van der Waals surface area contributed by atoms with E-state index in [9.17, 15) is 4.79 Å². The fourth-order valence-corrected chi connectivity index (χ4v) is 1.93. The maximum absolute atomic E-state index is 12.3. The number of hydrogen-bond acceptors (Lipinski definition) is 3. The molecule has 0 bridgehead atoms. The summed E-state index contributed by atoms with van der Waals surface area (Å²) in [4.78, 5) is 18.2. The number of carbonyl (C=O) groups is 1. The molecule has 2 aromatic rings. The zero-order valence-corrected chi connectivity index (χ0v) is 13.4. The Morgan fingerprint density at radius 3 is 2.43 bits per heavy atom. The van der Waals surface area contributed by atoms with E-state index >= 15 is 0 Å². The van der Waals surface area contributed by atoms with E-state index in [0.29, 0.717) is 17.4 Å². The zero-order chi connectivity index (χ0) is 15.6. The van der Waals surface area contributed by atoms with Gasteiger partial charge in [0.15, 0.2) is 0 Å². The van der Waals surface area contributed by atoms with Crippen molar-refractivity contribution in [1.29, 1.82) is 0 Å². The van der Waals surface area contributed by atoms with Crippen LogP contribution in [0.25, 0.3) is 0 Å². The van der Waals surface area contributed by atoms with E-state index in [-0.39, 0.29) is 17.1 Å². The topological polar surface area (TPSA) is 61.9 Å². The molecule has 0 aliphatic carbocycles. The van der Waals surface area contributed by atoms with Crippen molar-refractivity contribution in [2.45, 2.75) is 32.7 Å². The smallest absolute Gasteiger partial charge is 0.293 e. The maximum atomic E-state index is 12.3. The van der Waals surface area contributed by atoms with Gasteiger partial charge in [-0.3, -0.25) is 9.89 Å². The van der Waals surface area contributed by atoms with Gasteiger partial charge < -0.3 is 4.90 Å². The average molecular weight is 307 g/mol. The number of aromatic nitrogens is 3. The number of nitrogens with one attached hydrogen (secondary N) is 1. The number of amides is 1. The number of aromatic amines is 1. The van der Waals surface area contributed by atoms with Gasteiger partial charge in [-0.05, 0) is 17.7 Å². The van der Waals surface area contributed by atoms with Crippen molar-refractivity contribution in [2.75, 3.05) is 7.05 Å². The molecule has 1 aromatic carbocycles. The Hall–Kier alpha value is -1.88. The predicted octanol–water partition coefficient (Wildman–Crippen LogP) is 3.03. The monoisotopic (exact) mass is 306 g/mol. The van der Waals surface area contributed by atoms with Crippen molar-refractivity contribution in [3.05, 3.63) is 46.5 Å². The van der Waals surface area contributed by atoms with Crippen molar-refractivity contribution in [1.82, 2.24) is 20.1 Å². The molecule has 0 aliphatic rings. The van der Waals surface area contributed by atoms with E-state index in [1.807, 2.05) is 32.9 Å². The van der Waals surface area contributed by atoms with Gasteiger partial charge in [0, 0.05) is 24.0 Å². The number of hydrogen-bond donors (Lipinski definition) is 1. The first-order valence-corrected chi connectivity index (χ1v) is 7.08. The fourth-order valence-electron chi connectivity index (χ4n) is 1.80. The summed E-state index contributed by atoms with van der Waals surface area (Å²) in [5, 5.41) is 7.52. The molecule has 0 spiro atoms. The fraction of sp³-hybridized carbons (Fsp3) is 0.400. The lowest BCUT2D eigenvalue weighted by molar-refractivity contribution is 0.0773. The van der Waals surface area contributed by atoms with Crippen LogP contribution in [0, 0.1) is 0 Å². The van der Waals surface area contributed by atoms with Gasteiger partial charge in [-0.25, -0.2) is 4.98 Å². The van der Waals surface area contributed by atoms with Crippen LogP contribution in [0.15, 0.2) is 24.3 Å². The lowest BCUT2D eigenvalue weighted by atomic mass is 9.96. The molecule has 21 heavy (non-hydrogen) atoms. The molecule has 1 N–H and O–H groups in total. The van der Waals surface area contributed by atoms with Crippen LogP contribution in [0.1, 0.15) is 42.8 Å². The second-order valence-corrected chi connectivity index (χ2v) is 6.48. The summed E-state index contributed by atoms with van der Waals surface area (Å²) in [6.45, 7) is 6.52. The largest absolute Gasteiger partial charge is 0.335 e. The Balaban J connectivity index is 2.08. The summed E-state index contributed by atoms with van der Waals surface area (Å²) in [6.07, 6.45) is 0. The van der Waals surface area contributed by atoms with Crippen molar-refractivity contribution >= 4 is 17.5 Å². The van der Waals surface area contributed by atoms with Crippen LogP contribution in [0.5, 0.6) is 0 Å². The normalized spacial score (nSPS) is 11.5. The van der Waals surface area contributed by atoms with Crippen molar-refractivity contribution in [3.8, 4) is 0 Å². The van der Waals surface area contributed by atoms with Gasteiger partial charge in [-0.1, -0.05) is 44.5 Å². The Morgan fingerprint density at radius 2 is 1.90 bits per heavy atom. The molecular weight excluding hydrogens is 288 g/mol. The lowest BCUT2D eigenvalue weighted by Crippen LogP contribution is -2.27. The quantitative estimate of drug-likeness (QED) is 0.948. The molecule has 2 rings (SSSR count). The second-order valence-electron chi connectivity index (χ2n) is 6.05. The van der Waals surface area contributed by atoms with Crippen molar-refractivity contribution in [2.24, 2.45) is 0 Å². The first kappa shape index (κ1) is 15.5. The molecule has 0 saturated heterocycles. The minimum Gasteiger partial charge on any atom is -0.335 e. The SMILES string of the molecule is CN(Cc1ccc(Cl)cc1)C(=O)c1n[nH]c(C(C)(C)C)n1. The van der Waals surface area contributed by atoms with Crippen LogP contribution in [0.3, 0.4) is 0 Å². The van der Waals surface area contributed by atoms with Crippen LogP contribution in [-0.4, -0.2) is 33.0 Å². The number of benzene rings is 1. The molecule has 0 radical (unpaired) electrons. The molecule has 5 nitrogen and oxygen atoms in total. The third-order valence-corrected chi connectivity index (χ3v) is 3.32. The van der Waals surface area contributed by atoms with E-state index in [0.717, 1.165) is 5.56 Å². The Labute approximate surface area is 129 Å². The van der Waals surface area contributed by atoms with Crippen LogP contribution in [0.2, 0.25) is 5.02 Å². The molecule has 0 atom stereocenters. The number of H-pyrrole nitrogens is 1. The number of carbonyl (C=O) groups excluding carboxylic acids is 1. The zero-order valence-electron chi connectivity index (χ0n) is 12.6. The second kappa shape index (κ2) is 5.85. The summed E-state index contributed by atoms with van der Waals surface area (Å²) in [7, 11) is 1.73. The standard InChI is InChI=1S/C15H19ClN4O/c1-15(2,3)14-17-12(18-19-14)13(21)20(4)9-10-5-7-11(16)8-6-10/h5-8H,9H2,1-4H3,(H,17,18,19). The van der Waals surface area contributed by atoms with E-state index in [1.165, 1.54) is 0 Å². The minimum absolute atomic E-state index is 0.166. The predicted molar refractivity (Wildman–Crippen MR) is 82.3 cm³/mol. The Bertz CT molecular complexity index is 628. The van der Waals surface area contributed by atoms with Crippen LogP contribution >= 0.6 is 11.6 Å².